The molecule has 0 unspecified atom stereocenters. The molecule has 1 aliphatic heterocycles. The van der Waals surface area contributed by atoms with Crippen LogP contribution < -0.4 is 20.3 Å². The predicted molar refractivity (Wildman–Crippen MR) is 100 cm³/mol. The Kier molecular flexibility index (Phi) is 5.90. The lowest BCUT2D eigenvalue weighted by atomic mass is 10.1. The van der Waals surface area contributed by atoms with E-state index in [9.17, 15) is 14.0 Å². The van der Waals surface area contributed by atoms with Crippen molar-refractivity contribution >= 4 is 17.5 Å². The molecule has 0 aliphatic carbocycles. The average Bonchev–Trinajstić information content (AvgIpc) is 2.68. The van der Waals surface area contributed by atoms with Gasteiger partial charge < -0.3 is 20.3 Å². The minimum atomic E-state index is -0.670. The zero-order chi connectivity index (χ0) is 19.2. The fraction of sp³-hybridized carbons (Fsp3) is 0.300. The summed E-state index contributed by atoms with van der Waals surface area (Å²) in [6.07, 6.45) is -0.0519. The number of halogens is 1. The maximum Gasteiger partial charge on any atom is 0.262 e. The van der Waals surface area contributed by atoms with E-state index in [1.165, 1.54) is 12.1 Å². The number of anilines is 1. The molecule has 27 heavy (non-hydrogen) atoms. The van der Waals surface area contributed by atoms with Crippen molar-refractivity contribution in [1.82, 2.24) is 10.6 Å². The number of carbonyl (C=O) groups excluding carboxylic acids is 2. The third kappa shape index (κ3) is 4.75. The van der Waals surface area contributed by atoms with Crippen LogP contribution in [0.15, 0.2) is 48.5 Å². The van der Waals surface area contributed by atoms with Crippen LogP contribution >= 0.6 is 0 Å². The summed E-state index contributed by atoms with van der Waals surface area (Å²) in [6.45, 7) is 0.870. The summed E-state index contributed by atoms with van der Waals surface area (Å²) in [4.78, 5) is 26.2. The fourth-order valence-electron chi connectivity index (χ4n) is 2.98. The Hall–Kier alpha value is -3.09. The number of amides is 2. The second kappa shape index (κ2) is 8.53. The molecular formula is C20H22FN3O3. The van der Waals surface area contributed by atoms with Crippen LogP contribution in [0.1, 0.15) is 5.56 Å². The van der Waals surface area contributed by atoms with Gasteiger partial charge in [-0.05, 0) is 36.2 Å². The van der Waals surface area contributed by atoms with E-state index in [4.69, 9.17) is 4.74 Å². The van der Waals surface area contributed by atoms with E-state index in [1.807, 2.05) is 23.1 Å². The summed E-state index contributed by atoms with van der Waals surface area (Å²) < 4.78 is 18.6. The van der Waals surface area contributed by atoms with Gasteiger partial charge in [-0.2, -0.15) is 0 Å². The van der Waals surface area contributed by atoms with Gasteiger partial charge in [0, 0.05) is 13.6 Å². The first-order chi connectivity index (χ1) is 13.1. The summed E-state index contributed by atoms with van der Waals surface area (Å²) in [7, 11) is 1.55. The minimum Gasteiger partial charge on any atom is -0.477 e. The summed E-state index contributed by atoms with van der Waals surface area (Å²) in [5.41, 5.74) is 1.74. The van der Waals surface area contributed by atoms with E-state index in [2.05, 4.69) is 10.6 Å². The smallest absolute Gasteiger partial charge is 0.262 e. The molecule has 7 heteroatoms. The Morgan fingerprint density at radius 1 is 1.19 bits per heavy atom. The number of carbonyl (C=O) groups is 2. The Labute approximate surface area is 157 Å². The average molecular weight is 371 g/mol. The number of nitrogens with zero attached hydrogens (tertiary/aromatic N) is 1. The van der Waals surface area contributed by atoms with Gasteiger partial charge in [-0.1, -0.05) is 24.3 Å². The van der Waals surface area contributed by atoms with Crippen LogP contribution in [0, 0.1) is 5.82 Å². The van der Waals surface area contributed by atoms with Gasteiger partial charge in [0.05, 0.1) is 18.8 Å². The molecule has 6 nitrogen and oxygen atoms in total. The third-order valence-electron chi connectivity index (χ3n) is 4.38. The van der Waals surface area contributed by atoms with Crippen molar-refractivity contribution in [2.75, 3.05) is 31.6 Å². The van der Waals surface area contributed by atoms with Gasteiger partial charge in [0.2, 0.25) is 5.91 Å². The molecule has 2 N–H and O–H groups in total. The van der Waals surface area contributed by atoms with E-state index in [-0.39, 0.29) is 24.2 Å². The molecule has 2 aromatic rings. The van der Waals surface area contributed by atoms with Crippen LogP contribution in [-0.4, -0.2) is 44.6 Å². The van der Waals surface area contributed by atoms with Crippen LogP contribution in [-0.2, 0) is 16.0 Å². The normalized spacial score (nSPS) is 15.5. The van der Waals surface area contributed by atoms with Crippen LogP contribution in [0.3, 0.4) is 0 Å². The molecule has 0 radical (unpaired) electrons. The van der Waals surface area contributed by atoms with Crippen LogP contribution in [0.5, 0.6) is 5.75 Å². The highest BCUT2D eigenvalue weighted by atomic mass is 19.1. The van der Waals surface area contributed by atoms with Crippen molar-refractivity contribution in [2.45, 2.75) is 12.5 Å². The molecule has 1 heterocycles. The second-order valence-electron chi connectivity index (χ2n) is 6.30. The predicted octanol–water partition coefficient (Wildman–Crippen LogP) is 1.50. The Morgan fingerprint density at radius 2 is 1.93 bits per heavy atom. The maximum atomic E-state index is 12.9. The standard InChI is InChI=1S/C20H22FN3O3/c1-22-20(26)18-12-24(16-4-2-3-5-17(16)27-18)13-19(25)23-11-10-14-6-8-15(21)9-7-14/h2-9,18H,10-13H2,1H3,(H,22,26)(H,23,25)/t18-/m0/s1. The molecule has 142 valence electrons. The maximum absolute atomic E-state index is 12.9. The number of likely N-dealkylation sites (N-methyl/N-ethyl adjacent to an activating group) is 1. The van der Waals surface area contributed by atoms with Gasteiger partial charge in [-0.15, -0.1) is 0 Å². The second-order valence-corrected chi connectivity index (χ2v) is 6.30. The molecule has 2 aromatic carbocycles. The van der Waals surface area contributed by atoms with Gasteiger partial charge in [-0.3, -0.25) is 9.59 Å². The Morgan fingerprint density at radius 3 is 2.67 bits per heavy atom. The number of nitrogens with one attached hydrogen (secondary N) is 2. The van der Waals surface area contributed by atoms with Crippen molar-refractivity contribution in [1.29, 1.82) is 0 Å². The molecule has 0 saturated heterocycles. The third-order valence-corrected chi connectivity index (χ3v) is 4.38. The van der Waals surface area contributed by atoms with Gasteiger partial charge in [0.15, 0.2) is 6.10 Å². The molecule has 0 bridgehead atoms. The molecule has 0 aromatic heterocycles. The fourth-order valence-corrected chi connectivity index (χ4v) is 2.98. The van der Waals surface area contributed by atoms with Crippen LogP contribution in [0.25, 0.3) is 0 Å². The van der Waals surface area contributed by atoms with Gasteiger partial charge in [0.1, 0.15) is 11.6 Å². The van der Waals surface area contributed by atoms with Gasteiger partial charge in [-0.25, -0.2) is 4.39 Å². The lowest BCUT2D eigenvalue weighted by Crippen LogP contribution is -2.50. The van der Waals surface area contributed by atoms with E-state index in [0.717, 1.165) is 11.3 Å². The SMILES string of the molecule is CNC(=O)[C@@H]1CN(CC(=O)NCCc2ccc(F)cc2)c2ccccc2O1. The van der Waals surface area contributed by atoms with Gasteiger partial charge in [0.25, 0.3) is 5.91 Å². The largest absolute Gasteiger partial charge is 0.477 e. The zero-order valence-electron chi connectivity index (χ0n) is 15.1. The molecule has 1 atom stereocenters. The van der Waals surface area contributed by atoms with E-state index < -0.39 is 6.10 Å². The highest BCUT2D eigenvalue weighted by molar-refractivity contribution is 5.86. The number of rotatable bonds is 6. The first-order valence-corrected chi connectivity index (χ1v) is 8.80. The number of hydrogen-bond acceptors (Lipinski definition) is 4. The molecule has 0 fully saturated rings. The highest BCUT2D eigenvalue weighted by Crippen LogP contribution is 2.32. The number of para-hydroxylation sites is 2. The zero-order valence-corrected chi connectivity index (χ0v) is 15.1. The van der Waals surface area contributed by atoms with Crippen molar-refractivity contribution in [3.05, 3.63) is 59.9 Å². The van der Waals surface area contributed by atoms with Crippen molar-refractivity contribution in [3.8, 4) is 5.75 Å². The first kappa shape index (κ1) is 18.7. The molecule has 3 rings (SSSR count). The molecular weight excluding hydrogens is 349 g/mol. The topological polar surface area (TPSA) is 70.7 Å². The van der Waals surface area contributed by atoms with Crippen LogP contribution in [0.2, 0.25) is 0 Å². The summed E-state index contributed by atoms with van der Waals surface area (Å²) >= 11 is 0. The quantitative estimate of drug-likeness (QED) is 0.807. The minimum absolute atomic E-state index is 0.122. The lowest BCUT2D eigenvalue weighted by molar-refractivity contribution is -0.127. The van der Waals surface area contributed by atoms with Crippen molar-refractivity contribution in [3.63, 3.8) is 0 Å². The number of benzene rings is 2. The van der Waals surface area contributed by atoms with Crippen molar-refractivity contribution in [2.24, 2.45) is 0 Å². The van der Waals surface area contributed by atoms with Gasteiger partial charge >= 0.3 is 0 Å². The number of fused-ring (bicyclic) bond motifs is 1. The summed E-state index contributed by atoms with van der Waals surface area (Å²) in [5.74, 6) is -0.0772. The molecule has 0 saturated carbocycles. The van der Waals surface area contributed by atoms with E-state index >= 15 is 0 Å². The number of hydrogen-bond donors (Lipinski definition) is 2. The van der Waals surface area contributed by atoms with E-state index in [0.29, 0.717) is 25.3 Å². The Bertz CT molecular complexity index is 810. The molecule has 2 amide bonds. The molecule has 0 spiro atoms. The highest BCUT2D eigenvalue weighted by Gasteiger charge is 2.30. The Balaban J connectivity index is 1.58. The summed E-state index contributed by atoms with van der Waals surface area (Å²) in [5, 5.41) is 5.44. The first-order valence-electron chi connectivity index (χ1n) is 8.80. The monoisotopic (exact) mass is 371 g/mol. The summed E-state index contributed by atoms with van der Waals surface area (Å²) in [6, 6.07) is 13.5. The number of ether oxygens (including phenoxy) is 1. The molecule has 1 aliphatic rings. The lowest BCUT2D eigenvalue weighted by Gasteiger charge is -2.35. The van der Waals surface area contributed by atoms with E-state index in [1.54, 1.807) is 25.2 Å². The van der Waals surface area contributed by atoms with Crippen molar-refractivity contribution < 1.29 is 18.7 Å². The van der Waals surface area contributed by atoms with Crippen LogP contribution in [0.4, 0.5) is 10.1 Å².